The van der Waals surface area contributed by atoms with Gasteiger partial charge in [-0.25, -0.2) is 4.79 Å². The van der Waals surface area contributed by atoms with Crippen LogP contribution in [0.25, 0.3) is 11.8 Å². The van der Waals surface area contributed by atoms with E-state index in [2.05, 4.69) is 5.32 Å². The molecule has 0 saturated carbocycles. The van der Waals surface area contributed by atoms with Gasteiger partial charge in [-0.15, -0.1) is 0 Å². The van der Waals surface area contributed by atoms with Gasteiger partial charge in [0.25, 0.3) is 11.6 Å². The Morgan fingerprint density at radius 3 is 2.43 bits per heavy atom. The van der Waals surface area contributed by atoms with Gasteiger partial charge in [0.2, 0.25) is 0 Å². The number of nitro benzene ring substituents is 1. The van der Waals surface area contributed by atoms with Gasteiger partial charge in [-0.05, 0) is 42.3 Å². The van der Waals surface area contributed by atoms with E-state index < -0.39 is 16.9 Å². The van der Waals surface area contributed by atoms with Gasteiger partial charge in [0, 0.05) is 29.7 Å². The molecule has 0 aliphatic carbocycles. The Kier molecular flexibility index (Phi) is 4.89. The number of nitrogens with one attached hydrogen (secondary N) is 1. The van der Waals surface area contributed by atoms with Crippen LogP contribution in [0.3, 0.4) is 0 Å². The molecule has 3 amide bonds. The first kappa shape index (κ1) is 19.1. The zero-order chi connectivity index (χ0) is 21.3. The highest BCUT2D eigenvalue weighted by Crippen LogP contribution is 2.21. The van der Waals surface area contributed by atoms with Crippen molar-refractivity contribution in [1.82, 2.24) is 14.8 Å². The Bertz CT molecular complexity index is 1160. The van der Waals surface area contributed by atoms with Crippen LogP contribution in [0.1, 0.15) is 16.8 Å². The summed E-state index contributed by atoms with van der Waals surface area (Å²) in [5.41, 5.74) is 3.55. The molecule has 0 bridgehead atoms. The Hall–Kier alpha value is -4.20. The lowest BCUT2D eigenvalue weighted by atomic mass is 10.2. The van der Waals surface area contributed by atoms with E-state index >= 15 is 0 Å². The minimum atomic E-state index is -0.524. The topological polar surface area (TPSA) is 97.5 Å². The summed E-state index contributed by atoms with van der Waals surface area (Å²) in [6, 6.07) is 17.0. The minimum Gasteiger partial charge on any atom is -0.321 e. The Balaban J connectivity index is 1.54. The molecule has 4 rings (SSSR count). The minimum absolute atomic E-state index is 0.0318. The number of hydrogen-bond donors (Lipinski definition) is 1. The first-order chi connectivity index (χ1) is 14.4. The van der Waals surface area contributed by atoms with Crippen molar-refractivity contribution >= 4 is 23.7 Å². The molecule has 1 fully saturated rings. The third kappa shape index (κ3) is 3.70. The predicted molar refractivity (Wildman–Crippen MR) is 111 cm³/mol. The molecular weight excluding hydrogens is 384 g/mol. The molecule has 8 nitrogen and oxygen atoms in total. The van der Waals surface area contributed by atoms with Crippen molar-refractivity contribution in [2.24, 2.45) is 0 Å². The molecule has 3 aromatic rings. The fourth-order valence-electron chi connectivity index (χ4n) is 3.33. The van der Waals surface area contributed by atoms with E-state index in [1.165, 1.54) is 24.3 Å². The lowest BCUT2D eigenvalue weighted by Gasteiger charge is -2.11. The van der Waals surface area contributed by atoms with Crippen LogP contribution in [0.2, 0.25) is 0 Å². The Morgan fingerprint density at radius 2 is 1.77 bits per heavy atom. The van der Waals surface area contributed by atoms with Crippen molar-refractivity contribution in [2.75, 3.05) is 0 Å². The standard InChI is InChI=1S/C22H18N4O4/c1-15-11-17(14-24(15)18-5-3-2-4-6-18)12-20-21(27)25(22(28)23-20)13-16-7-9-19(10-8-16)26(29)30/h2-12,14H,13H2,1H3,(H,23,28)/b20-12+. The molecule has 150 valence electrons. The number of para-hydroxylation sites is 1. The zero-order valence-corrected chi connectivity index (χ0v) is 16.1. The number of benzene rings is 2. The molecule has 0 spiro atoms. The zero-order valence-electron chi connectivity index (χ0n) is 16.1. The molecule has 1 saturated heterocycles. The van der Waals surface area contributed by atoms with Crippen LogP contribution in [0.4, 0.5) is 10.5 Å². The summed E-state index contributed by atoms with van der Waals surface area (Å²) < 4.78 is 2.00. The molecular formula is C22H18N4O4. The molecule has 1 aliphatic rings. The van der Waals surface area contributed by atoms with E-state index in [0.717, 1.165) is 21.8 Å². The van der Waals surface area contributed by atoms with Crippen molar-refractivity contribution in [3.05, 3.63) is 99.5 Å². The number of non-ortho nitro benzene ring substituents is 1. The van der Waals surface area contributed by atoms with Crippen molar-refractivity contribution < 1.29 is 14.5 Å². The highest BCUT2D eigenvalue weighted by atomic mass is 16.6. The number of nitrogens with zero attached hydrogens (tertiary/aromatic N) is 3. The fraction of sp³-hybridized carbons (Fsp3) is 0.0909. The van der Waals surface area contributed by atoms with Crippen LogP contribution in [0.15, 0.2) is 72.6 Å². The number of amides is 3. The average Bonchev–Trinajstić information content (AvgIpc) is 3.23. The Morgan fingerprint density at radius 1 is 1.07 bits per heavy atom. The van der Waals surface area contributed by atoms with Gasteiger partial charge in [0.15, 0.2) is 0 Å². The van der Waals surface area contributed by atoms with Crippen LogP contribution in [-0.2, 0) is 11.3 Å². The maximum absolute atomic E-state index is 12.7. The first-order valence-corrected chi connectivity index (χ1v) is 9.24. The van der Waals surface area contributed by atoms with Gasteiger partial charge >= 0.3 is 6.03 Å². The van der Waals surface area contributed by atoms with Crippen molar-refractivity contribution in [3.63, 3.8) is 0 Å². The summed E-state index contributed by atoms with van der Waals surface area (Å²) in [6.45, 7) is 2.00. The summed E-state index contributed by atoms with van der Waals surface area (Å²) in [5, 5.41) is 13.4. The van der Waals surface area contributed by atoms with E-state index in [0.29, 0.717) is 5.56 Å². The number of aryl methyl sites for hydroxylation is 1. The number of urea groups is 1. The molecule has 0 atom stereocenters. The average molecular weight is 402 g/mol. The maximum atomic E-state index is 12.7. The van der Waals surface area contributed by atoms with Gasteiger partial charge in [-0.2, -0.15) is 0 Å². The number of carbonyl (C=O) groups is 2. The van der Waals surface area contributed by atoms with Gasteiger partial charge in [-0.1, -0.05) is 30.3 Å². The van der Waals surface area contributed by atoms with Gasteiger partial charge in [-0.3, -0.25) is 19.8 Å². The smallest absolute Gasteiger partial charge is 0.321 e. The number of nitro groups is 1. The third-order valence-corrected chi connectivity index (χ3v) is 4.83. The van der Waals surface area contributed by atoms with Crippen molar-refractivity contribution in [3.8, 4) is 5.69 Å². The number of imide groups is 1. The highest BCUT2D eigenvalue weighted by molar-refractivity contribution is 6.13. The van der Waals surface area contributed by atoms with E-state index in [-0.39, 0.29) is 17.9 Å². The van der Waals surface area contributed by atoms with Gasteiger partial charge in [0.05, 0.1) is 11.5 Å². The molecule has 0 unspecified atom stereocenters. The normalized spacial score (nSPS) is 15.0. The molecule has 2 aromatic carbocycles. The van der Waals surface area contributed by atoms with Crippen LogP contribution < -0.4 is 5.32 Å². The molecule has 2 heterocycles. The van der Waals surface area contributed by atoms with Crippen LogP contribution in [0.5, 0.6) is 0 Å². The third-order valence-electron chi connectivity index (χ3n) is 4.83. The summed E-state index contributed by atoms with van der Waals surface area (Å²) in [4.78, 5) is 36.4. The lowest BCUT2D eigenvalue weighted by molar-refractivity contribution is -0.384. The first-order valence-electron chi connectivity index (χ1n) is 9.24. The van der Waals surface area contributed by atoms with E-state index in [1.807, 2.05) is 54.1 Å². The fourth-order valence-corrected chi connectivity index (χ4v) is 3.33. The number of hydrogen-bond acceptors (Lipinski definition) is 4. The van der Waals surface area contributed by atoms with Crippen LogP contribution in [0, 0.1) is 17.0 Å². The molecule has 1 aliphatic heterocycles. The summed E-state index contributed by atoms with van der Waals surface area (Å²) in [7, 11) is 0. The molecule has 1 aromatic heterocycles. The lowest BCUT2D eigenvalue weighted by Crippen LogP contribution is -2.30. The van der Waals surface area contributed by atoms with E-state index in [1.54, 1.807) is 6.08 Å². The highest BCUT2D eigenvalue weighted by Gasteiger charge is 2.33. The van der Waals surface area contributed by atoms with Gasteiger partial charge < -0.3 is 9.88 Å². The quantitative estimate of drug-likeness (QED) is 0.304. The molecule has 30 heavy (non-hydrogen) atoms. The maximum Gasteiger partial charge on any atom is 0.329 e. The molecule has 0 radical (unpaired) electrons. The number of carbonyl (C=O) groups excluding carboxylic acids is 2. The summed E-state index contributed by atoms with van der Waals surface area (Å²) in [6.07, 6.45) is 3.54. The molecule has 1 N–H and O–H groups in total. The van der Waals surface area contributed by atoms with E-state index in [9.17, 15) is 19.7 Å². The second-order valence-corrected chi connectivity index (χ2v) is 6.92. The monoisotopic (exact) mass is 402 g/mol. The summed E-state index contributed by atoms with van der Waals surface area (Å²) >= 11 is 0. The number of aromatic nitrogens is 1. The second kappa shape index (κ2) is 7.67. The summed E-state index contributed by atoms with van der Waals surface area (Å²) in [5.74, 6) is -0.441. The van der Waals surface area contributed by atoms with Crippen LogP contribution >= 0.6 is 0 Å². The predicted octanol–water partition coefficient (Wildman–Crippen LogP) is 3.79. The van der Waals surface area contributed by atoms with E-state index in [4.69, 9.17) is 0 Å². The van der Waals surface area contributed by atoms with Crippen molar-refractivity contribution in [2.45, 2.75) is 13.5 Å². The van der Waals surface area contributed by atoms with Crippen LogP contribution in [-0.4, -0.2) is 26.3 Å². The molecule has 8 heteroatoms. The Labute approximate surface area is 172 Å². The SMILES string of the molecule is Cc1cc(/C=C2/NC(=O)N(Cc3ccc([N+](=O)[O-])cc3)C2=O)cn1-c1ccccc1. The van der Waals surface area contributed by atoms with Crippen molar-refractivity contribution in [1.29, 1.82) is 0 Å². The largest absolute Gasteiger partial charge is 0.329 e. The second-order valence-electron chi connectivity index (χ2n) is 6.92. The number of rotatable bonds is 5. The van der Waals surface area contributed by atoms with Gasteiger partial charge in [0.1, 0.15) is 5.70 Å².